The molecule has 1 aromatic carbocycles. The number of hydrogen-bond acceptors (Lipinski definition) is 0. The van der Waals surface area contributed by atoms with Crippen LogP contribution in [0.1, 0.15) is 31.9 Å². The van der Waals surface area contributed by atoms with Gasteiger partial charge in [0.1, 0.15) is 0 Å². The Morgan fingerprint density at radius 2 is 1.56 bits per heavy atom. The van der Waals surface area contributed by atoms with Gasteiger partial charge in [-0.05, 0) is 16.5 Å². The minimum absolute atomic E-state index is 0.183. The smallest absolute Gasteiger partial charge is 0.166 e. The molecule has 16 heavy (non-hydrogen) atoms. The third-order valence-electron chi connectivity index (χ3n) is 2.40. The summed E-state index contributed by atoms with van der Waals surface area (Å²) in [6.07, 6.45) is -4.37. The van der Waals surface area contributed by atoms with Crippen molar-refractivity contribution in [3.8, 4) is 0 Å². The van der Waals surface area contributed by atoms with E-state index in [4.69, 9.17) is 0 Å². The summed E-state index contributed by atoms with van der Waals surface area (Å²) < 4.78 is 37.8. The fraction of sp³-hybridized carbons (Fsp3) is 0.385. The van der Waals surface area contributed by atoms with Gasteiger partial charge < -0.3 is 0 Å². The van der Waals surface area contributed by atoms with Gasteiger partial charge in [-0.1, -0.05) is 51.6 Å². The van der Waals surface area contributed by atoms with Crippen LogP contribution in [0, 0.1) is 0 Å². The average molecular weight is 228 g/mol. The van der Waals surface area contributed by atoms with Gasteiger partial charge in [-0.2, -0.15) is 13.2 Å². The molecule has 0 aliphatic carbocycles. The normalized spacial score (nSPS) is 12.6. The number of benzene rings is 1. The maximum atomic E-state index is 12.6. The summed E-state index contributed by atoms with van der Waals surface area (Å²) in [6, 6.07) is 6.53. The molecule has 0 unspecified atom stereocenters. The van der Waals surface area contributed by atoms with E-state index in [0.29, 0.717) is 5.56 Å². The number of hydrogen-bond donors (Lipinski definition) is 0. The van der Waals surface area contributed by atoms with E-state index in [9.17, 15) is 13.2 Å². The molecule has 0 atom stereocenters. The summed E-state index contributed by atoms with van der Waals surface area (Å²) in [5, 5.41) is 0. The van der Waals surface area contributed by atoms with Gasteiger partial charge in [0.25, 0.3) is 0 Å². The third kappa shape index (κ3) is 2.65. The predicted molar refractivity (Wildman–Crippen MR) is 60.2 cm³/mol. The van der Waals surface area contributed by atoms with Crippen LogP contribution in [0.4, 0.5) is 13.2 Å². The van der Waals surface area contributed by atoms with Crippen molar-refractivity contribution in [1.82, 2.24) is 0 Å². The first kappa shape index (κ1) is 12.8. The first-order valence-corrected chi connectivity index (χ1v) is 5.00. The molecule has 1 rings (SSSR count). The van der Waals surface area contributed by atoms with Crippen molar-refractivity contribution in [2.75, 3.05) is 0 Å². The fourth-order valence-corrected chi connectivity index (χ4v) is 1.55. The number of rotatable bonds is 1. The van der Waals surface area contributed by atoms with E-state index in [1.165, 1.54) is 6.07 Å². The van der Waals surface area contributed by atoms with Crippen LogP contribution in [0.5, 0.6) is 0 Å². The third-order valence-corrected chi connectivity index (χ3v) is 2.40. The molecule has 0 saturated heterocycles. The molecule has 0 heterocycles. The van der Waals surface area contributed by atoms with E-state index < -0.39 is 11.7 Å². The van der Waals surface area contributed by atoms with Gasteiger partial charge in [0.05, 0.1) is 5.57 Å². The summed E-state index contributed by atoms with van der Waals surface area (Å²) in [5.41, 5.74) is -0.261. The van der Waals surface area contributed by atoms with E-state index in [2.05, 4.69) is 6.58 Å². The topological polar surface area (TPSA) is 0 Å². The summed E-state index contributed by atoms with van der Waals surface area (Å²) in [6.45, 7) is 8.80. The van der Waals surface area contributed by atoms with Gasteiger partial charge >= 0.3 is 6.18 Å². The van der Waals surface area contributed by atoms with Crippen molar-refractivity contribution in [1.29, 1.82) is 0 Å². The zero-order valence-electron chi connectivity index (χ0n) is 9.65. The highest BCUT2D eigenvalue weighted by Crippen LogP contribution is 2.37. The number of alkyl halides is 3. The maximum Gasteiger partial charge on any atom is 0.416 e. The summed E-state index contributed by atoms with van der Waals surface area (Å²) in [5.74, 6) is 0. The Morgan fingerprint density at radius 1 is 1.06 bits per heavy atom. The lowest BCUT2D eigenvalue weighted by molar-refractivity contribution is -0.0687. The Hall–Kier alpha value is -1.25. The van der Waals surface area contributed by atoms with Crippen LogP contribution in [0.3, 0.4) is 0 Å². The van der Waals surface area contributed by atoms with Gasteiger partial charge in [0.2, 0.25) is 0 Å². The van der Waals surface area contributed by atoms with Gasteiger partial charge in [0, 0.05) is 0 Å². The molecule has 0 radical (unpaired) electrons. The first-order valence-electron chi connectivity index (χ1n) is 5.00. The van der Waals surface area contributed by atoms with Crippen LogP contribution in [0.2, 0.25) is 0 Å². The van der Waals surface area contributed by atoms with Crippen molar-refractivity contribution >= 4 is 5.57 Å². The molecular weight excluding hydrogens is 213 g/mol. The van der Waals surface area contributed by atoms with Gasteiger partial charge in [-0.3, -0.25) is 0 Å². The van der Waals surface area contributed by atoms with Gasteiger partial charge in [-0.25, -0.2) is 0 Å². The van der Waals surface area contributed by atoms with Crippen molar-refractivity contribution in [2.24, 2.45) is 0 Å². The Bertz CT molecular complexity index is 394. The highest BCUT2D eigenvalue weighted by Gasteiger charge is 2.35. The van der Waals surface area contributed by atoms with E-state index in [1.54, 1.807) is 18.2 Å². The van der Waals surface area contributed by atoms with Crippen molar-refractivity contribution in [3.63, 3.8) is 0 Å². The van der Waals surface area contributed by atoms with E-state index in [-0.39, 0.29) is 11.0 Å². The molecule has 0 aliphatic rings. The molecule has 3 heteroatoms. The molecule has 0 spiro atoms. The zero-order valence-corrected chi connectivity index (χ0v) is 9.65. The number of allylic oxidation sites excluding steroid dienone is 1. The second kappa shape index (κ2) is 3.96. The van der Waals surface area contributed by atoms with Gasteiger partial charge in [-0.15, -0.1) is 0 Å². The molecule has 88 valence electrons. The van der Waals surface area contributed by atoms with E-state index in [0.717, 1.165) is 0 Å². The Labute approximate surface area is 93.8 Å². The largest absolute Gasteiger partial charge is 0.416 e. The second-order valence-corrected chi connectivity index (χ2v) is 4.77. The molecule has 0 nitrogen and oxygen atoms in total. The molecule has 0 fully saturated rings. The second-order valence-electron chi connectivity index (χ2n) is 4.77. The number of halogens is 3. The molecular formula is C13H15F3. The molecule has 0 N–H and O–H groups in total. The van der Waals surface area contributed by atoms with Crippen LogP contribution in [0.15, 0.2) is 30.8 Å². The predicted octanol–water partition coefficient (Wildman–Crippen LogP) is 4.56. The molecule has 1 aromatic rings. The van der Waals surface area contributed by atoms with Crippen LogP contribution >= 0.6 is 0 Å². The maximum absolute atomic E-state index is 12.6. The molecule has 0 bridgehead atoms. The van der Waals surface area contributed by atoms with Gasteiger partial charge in [0.15, 0.2) is 0 Å². The summed E-state index contributed by atoms with van der Waals surface area (Å²) >= 11 is 0. The SMILES string of the molecule is C=C(c1ccccc1C(C)(C)C)C(F)(F)F. The highest BCUT2D eigenvalue weighted by molar-refractivity contribution is 5.70. The summed E-state index contributed by atoms with van der Waals surface area (Å²) in [7, 11) is 0. The molecule has 0 aromatic heterocycles. The lowest BCUT2D eigenvalue weighted by Gasteiger charge is -2.24. The van der Waals surface area contributed by atoms with Crippen LogP contribution < -0.4 is 0 Å². The summed E-state index contributed by atoms with van der Waals surface area (Å²) in [4.78, 5) is 0. The minimum atomic E-state index is -4.37. The monoisotopic (exact) mass is 228 g/mol. The van der Waals surface area contributed by atoms with E-state index >= 15 is 0 Å². The van der Waals surface area contributed by atoms with Crippen LogP contribution in [-0.2, 0) is 5.41 Å². The Morgan fingerprint density at radius 3 is 2.00 bits per heavy atom. The lowest BCUT2D eigenvalue weighted by atomic mass is 9.82. The quantitative estimate of drug-likeness (QED) is 0.661. The standard InChI is InChI=1S/C13H15F3/c1-9(13(14,15)16)10-7-5-6-8-11(10)12(2,3)4/h5-8H,1H2,2-4H3. The minimum Gasteiger partial charge on any atom is -0.166 e. The van der Waals surface area contributed by atoms with Crippen molar-refractivity contribution in [2.45, 2.75) is 32.4 Å². The van der Waals surface area contributed by atoms with E-state index in [1.807, 2.05) is 20.8 Å². The Balaban J connectivity index is 3.31. The van der Waals surface area contributed by atoms with Crippen LogP contribution in [-0.4, -0.2) is 6.18 Å². The highest BCUT2D eigenvalue weighted by atomic mass is 19.4. The Kier molecular flexibility index (Phi) is 3.17. The molecule has 0 aliphatic heterocycles. The fourth-order valence-electron chi connectivity index (χ4n) is 1.55. The zero-order chi connectivity index (χ0) is 12.6. The van der Waals surface area contributed by atoms with Crippen molar-refractivity contribution < 1.29 is 13.2 Å². The first-order chi connectivity index (χ1) is 7.14. The lowest BCUT2D eigenvalue weighted by Crippen LogP contribution is -2.18. The van der Waals surface area contributed by atoms with Crippen molar-refractivity contribution in [3.05, 3.63) is 42.0 Å². The molecule has 0 saturated carbocycles. The molecule has 0 amide bonds. The van der Waals surface area contributed by atoms with Crippen LogP contribution in [0.25, 0.3) is 5.57 Å². The average Bonchev–Trinajstić information content (AvgIpc) is 2.14.